The van der Waals surface area contributed by atoms with Gasteiger partial charge in [0.25, 0.3) is 0 Å². The first kappa shape index (κ1) is 23.2. The number of nitrogens with one attached hydrogen (secondary N) is 1. The van der Waals surface area contributed by atoms with Gasteiger partial charge in [0.1, 0.15) is 12.4 Å². The van der Waals surface area contributed by atoms with Crippen molar-refractivity contribution >= 4 is 35.0 Å². The molecule has 0 unspecified atom stereocenters. The summed E-state index contributed by atoms with van der Waals surface area (Å²) in [5.41, 5.74) is 2.95. The van der Waals surface area contributed by atoms with E-state index in [2.05, 4.69) is 41.5 Å². The van der Waals surface area contributed by atoms with E-state index in [1.165, 1.54) is 17.3 Å². The molecule has 0 saturated carbocycles. The van der Waals surface area contributed by atoms with Crippen molar-refractivity contribution in [2.24, 2.45) is 0 Å². The lowest BCUT2D eigenvalue weighted by molar-refractivity contribution is -0.113. The van der Waals surface area contributed by atoms with E-state index in [0.29, 0.717) is 34.9 Å². The Labute approximate surface area is 192 Å². The van der Waals surface area contributed by atoms with Gasteiger partial charge < -0.3 is 14.6 Å². The molecule has 1 amide bonds. The smallest absolute Gasteiger partial charge is 0.234 e. The lowest BCUT2D eigenvalue weighted by atomic mass is 10.0. The number of ether oxygens (including phenoxy) is 1. The third kappa shape index (κ3) is 6.24. The minimum atomic E-state index is -0.121. The fraction of sp³-hybridized carbons (Fsp3) is 0.348. The number of hydrogen-bond donors (Lipinski definition) is 1. The maximum Gasteiger partial charge on any atom is 0.234 e. The van der Waals surface area contributed by atoms with Gasteiger partial charge in [0.2, 0.25) is 5.91 Å². The van der Waals surface area contributed by atoms with Gasteiger partial charge in [0.15, 0.2) is 11.0 Å². The minimum Gasteiger partial charge on any atom is -0.486 e. The minimum absolute atomic E-state index is 0.121. The number of carbonyl (C=O) groups excluding carboxylic acids is 1. The van der Waals surface area contributed by atoms with Gasteiger partial charge in [0, 0.05) is 17.3 Å². The molecule has 1 aromatic heterocycles. The molecule has 0 aliphatic carbocycles. The third-order valence-electron chi connectivity index (χ3n) is 4.83. The van der Waals surface area contributed by atoms with Crippen molar-refractivity contribution in [3.8, 4) is 5.75 Å². The van der Waals surface area contributed by atoms with Crippen LogP contribution in [0.4, 0.5) is 5.69 Å². The van der Waals surface area contributed by atoms with Crippen LogP contribution < -0.4 is 10.1 Å². The fourth-order valence-corrected chi connectivity index (χ4v) is 3.99. The predicted molar refractivity (Wildman–Crippen MR) is 126 cm³/mol. The molecule has 1 heterocycles. The van der Waals surface area contributed by atoms with Gasteiger partial charge in [0.05, 0.1) is 5.75 Å². The molecular weight excluding hydrogens is 432 g/mol. The Kier molecular flexibility index (Phi) is 7.98. The molecule has 0 aliphatic heterocycles. The van der Waals surface area contributed by atoms with E-state index >= 15 is 0 Å². The van der Waals surface area contributed by atoms with E-state index in [4.69, 9.17) is 16.3 Å². The number of thioether (sulfide) groups is 1. The Morgan fingerprint density at radius 1 is 1.19 bits per heavy atom. The zero-order valence-corrected chi connectivity index (χ0v) is 19.8. The highest BCUT2D eigenvalue weighted by Gasteiger charge is 2.14. The summed E-state index contributed by atoms with van der Waals surface area (Å²) in [6.45, 7) is 9.27. The maximum atomic E-state index is 12.4. The van der Waals surface area contributed by atoms with Crippen LogP contribution in [0.2, 0.25) is 5.02 Å². The Bertz CT molecular complexity index is 1030. The molecule has 8 heteroatoms. The van der Waals surface area contributed by atoms with E-state index < -0.39 is 0 Å². The van der Waals surface area contributed by atoms with Crippen LogP contribution >= 0.6 is 23.4 Å². The summed E-state index contributed by atoms with van der Waals surface area (Å²) in [6, 6.07) is 13.5. The molecule has 0 saturated heterocycles. The topological polar surface area (TPSA) is 69.0 Å². The Balaban J connectivity index is 1.58. The molecule has 0 spiro atoms. The van der Waals surface area contributed by atoms with Crippen LogP contribution in [0.25, 0.3) is 0 Å². The molecule has 0 radical (unpaired) electrons. The molecule has 6 nitrogen and oxygen atoms in total. The molecular formula is C23H27ClN4O2S. The summed E-state index contributed by atoms with van der Waals surface area (Å²) in [7, 11) is 0. The van der Waals surface area contributed by atoms with Gasteiger partial charge in [-0.1, -0.05) is 55.4 Å². The first-order valence-electron chi connectivity index (χ1n) is 10.2. The fourth-order valence-electron chi connectivity index (χ4n) is 2.99. The molecule has 0 atom stereocenters. The SMILES string of the molecule is CCn1c(COc2ccc(C(C)C)cc2)nnc1SCC(=O)Nc1cc(Cl)ccc1C. The summed E-state index contributed by atoms with van der Waals surface area (Å²) in [4.78, 5) is 12.4. The normalized spacial score (nSPS) is 11.0. The predicted octanol–water partition coefficient (Wildman–Crippen LogP) is 5.69. The van der Waals surface area contributed by atoms with Crippen molar-refractivity contribution in [3.05, 3.63) is 64.4 Å². The number of halogens is 1. The molecule has 31 heavy (non-hydrogen) atoms. The number of hydrogen-bond acceptors (Lipinski definition) is 5. The van der Waals surface area contributed by atoms with Gasteiger partial charge >= 0.3 is 0 Å². The Morgan fingerprint density at radius 3 is 2.61 bits per heavy atom. The van der Waals surface area contributed by atoms with Crippen LogP contribution in [0, 0.1) is 6.92 Å². The summed E-state index contributed by atoms with van der Waals surface area (Å²) < 4.78 is 7.85. The molecule has 3 aromatic rings. The zero-order valence-electron chi connectivity index (χ0n) is 18.2. The second kappa shape index (κ2) is 10.7. The largest absolute Gasteiger partial charge is 0.486 e. The highest BCUT2D eigenvalue weighted by Crippen LogP contribution is 2.23. The van der Waals surface area contributed by atoms with Crippen molar-refractivity contribution in [1.29, 1.82) is 0 Å². The Morgan fingerprint density at radius 2 is 1.94 bits per heavy atom. The van der Waals surface area contributed by atoms with E-state index in [0.717, 1.165) is 17.1 Å². The third-order valence-corrected chi connectivity index (χ3v) is 6.03. The zero-order chi connectivity index (χ0) is 22.4. The number of rotatable bonds is 9. The van der Waals surface area contributed by atoms with Gasteiger partial charge in [-0.15, -0.1) is 10.2 Å². The number of amides is 1. The van der Waals surface area contributed by atoms with E-state index in [-0.39, 0.29) is 11.7 Å². The van der Waals surface area contributed by atoms with Gasteiger partial charge in [-0.3, -0.25) is 4.79 Å². The molecule has 0 bridgehead atoms. The van der Waals surface area contributed by atoms with Gasteiger partial charge in [-0.2, -0.15) is 0 Å². The number of benzene rings is 2. The first-order valence-corrected chi connectivity index (χ1v) is 11.6. The van der Waals surface area contributed by atoms with Crippen LogP contribution in [-0.4, -0.2) is 26.4 Å². The average Bonchev–Trinajstić information content (AvgIpc) is 3.15. The van der Waals surface area contributed by atoms with Gasteiger partial charge in [-0.25, -0.2) is 0 Å². The van der Waals surface area contributed by atoms with Crippen LogP contribution in [-0.2, 0) is 17.9 Å². The number of nitrogens with zero attached hydrogens (tertiary/aromatic N) is 3. The van der Waals surface area contributed by atoms with E-state index in [9.17, 15) is 4.79 Å². The van der Waals surface area contributed by atoms with E-state index in [1.807, 2.05) is 36.6 Å². The molecule has 0 fully saturated rings. The summed E-state index contributed by atoms with van der Waals surface area (Å²) in [5.74, 6) is 2.10. The first-order chi connectivity index (χ1) is 14.9. The average molecular weight is 459 g/mol. The lowest BCUT2D eigenvalue weighted by Crippen LogP contribution is -2.15. The molecule has 0 aliphatic rings. The van der Waals surface area contributed by atoms with Crippen molar-refractivity contribution in [1.82, 2.24) is 14.8 Å². The van der Waals surface area contributed by atoms with Crippen molar-refractivity contribution in [2.75, 3.05) is 11.1 Å². The number of aromatic nitrogens is 3. The number of anilines is 1. The second-order valence-corrected chi connectivity index (χ2v) is 8.83. The highest BCUT2D eigenvalue weighted by molar-refractivity contribution is 7.99. The van der Waals surface area contributed by atoms with Crippen molar-refractivity contribution in [3.63, 3.8) is 0 Å². The maximum absolute atomic E-state index is 12.4. The van der Waals surface area contributed by atoms with Crippen LogP contribution in [0.5, 0.6) is 5.75 Å². The Hall–Kier alpha value is -2.51. The monoisotopic (exact) mass is 458 g/mol. The molecule has 3 rings (SSSR count). The summed E-state index contributed by atoms with van der Waals surface area (Å²) in [6.07, 6.45) is 0. The van der Waals surface area contributed by atoms with Crippen LogP contribution in [0.1, 0.15) is 43.6 Å². The van der Waals surface area contributed by atoms with Crippen molar-refractivity contribution < 1.29 is 9.53 Å². The summed E-state index contributed by atoms with van der Waals surface area (Å²) >= 11 is 7.37. The molecule has 164 valence electrons. The van der Waals surface area contributed by atoms with E-state index in [1.54, 1.807) is 12.1 Å². The van der Waals surface area contributed by atoms with Gasteiger partial charge in [-0.05, 0) is 55.2 Å². The molecule has 1 N–H and O–H groups in total. The quantitative estimate of drug-likeness (QED) is 0.417. The number of carbonyl (C=O) groups is 1. The summed E-state index contributed by atoms with van der Waals surface area (Å²) in [5, 5.41) is 12.7. The lowest BCUT2D eigenvalue weighted by Gasteiger charge is -2.11. The highest BCUT2D eigenvalue weighted by atomic mass is 35.5. The van der Waals surface area contributed by atoms with Crippen molar-refractivity contribution in [2.45, 2.75) is 51.9 Å². The standard InChI is InChI=1S/C23H27ClN4O2S/c1-5-28-21(13-30-19-10-7-17(8-11-19)15(2)3)26-27-23(28)31-14-22(29)25-20-12-18(24)9-6-16(20)4/h6-12,15H,5,13-14H2,1-4H3,(H,25,29). The molecule has 2 aromatic carbocycles. The second-order valence-electron chi connectivity index (χ2n) is 7.45. The van der Waals surface area contributed by atoms with Crippen LogP contribution in [0.3, 0.4) is 0 Å². The number of aryl methyl sites for hydroxylation is 1. The van der Waals surface area contributed by atoms with Crippen LogP contribution in [0.15, 0.2) is 47.6 Å².